The predicted molar refractivity (Wildman–Crippen MR) is 111 cm³/mol. The van der Waals surface area contributed by atoms with Gasteiger partial charge in [-0.2, -0.15) is 0 Å². The van der Waals surface area contributed by atoms with Crippen molar-refractivity contribution < 1.29 is 14.4 Å². The van der Waals surface area contributed by atoms with E-state index in [4.69, 9.17) is 0 Å². The van der Waals surface area contributed by atoms with Crippen molar-refractivity contribution in [2.45, 2.75) is 32.7 Å². The summed E-state index contributed by atoms with van der Waals surface area (Å²) in [5.41, 5.74) is 3.52. The van der Waals surface area contributed by atoms with Gasteiger partial charge < -0.3 is 15.5 Å². The number of benzene rings is 2. The quantitative estimate of drug-likeness (QED) is 0.793. The molecule has 1 atom stereocenters. The molecule has 1 aliphatic carbocycles. The first-order valence-electron chi connectivity index (χ1n) is 10.0. The number of aryl methyl sites for hydroxylation is 1. The van der Waals surface area contributed by atoms with Crippen LogP contribution in [-0.2, 0) is 20.9 Å². The fraction of sp³-hybridized carbons (Fsp3) is 0.348. The first-order chi connectivity index (χ1) is 14.0. The Morgan fingerprint density at radius 3 is 2.21 bits per heavy atom. The standard InChI is InChI=1S/C23H25N3O3/c1-15-5-7-16(8-6-15)13-26-14-18(11-21(26)27)23(29)25-20-4-2-3-19(12-20)24-22(28)17-9-10-17/h2-8,12,17-18H,9-11,13-14H2,1H3,(H,24,28)(H,25,29). The van der Waals surface area contributed by atoms with Crippen molar-refractivity contribution in [3.8, 4) is 0 Å². The number of likely N-dealkylation sites (tertiary alicyclic amines) is 1. The highest BCUT2D eigenvalue weighted by molar-refractivity contribution is 5.98. The molecule has 2 aromatic carbocycles. The molecule has 0 bridgehead atoms. The molecule has 0 radical (unpaired) electrons. The number of amides is 3. The molecule has 4 rings (SSSR count). The maximum Gasteiger partial charge on any atom is 0.229 e. The summed E-state index contributed by atoms with van der Waals surface area (Å²) in [6, 6.07) is 15.2. The smallest absolute Gasteiger partial charge is 0.229 e. The van der Waals surface area contributed by atoms with Crippen molar-refractivity contribution in [1.29, 1.82) is 0 Å². The topological polar surface area (TPSA) is 78.5 Å². The van der Waals surface area contributed by atoms with E-state index in [1.54, 1.807) is 29.2 Å². The van der Waals surface area contributed by atoms with Gasteiger partial charge in [0.25, 0.3) is 0 Å². The Bertz CT molecular complexity index is 935. The molecule has 6 heteroatoms. The van der Waals surface area contributed by atoms with Crippen LogP contribution >= 0.6 is 0 Å². The van der Waals surface area contributed by atoms with Gasteiger partial charge in [-0.3, -0.25) is 14.4 Å². The molecule has 2 fully saturated rings. The molecule has 150 valence electrons. The van der Waals surface area contributed by atoms with Crippen LogP contribution in [0.4, 0.5) is 11.4 Å². The number of nitrogens with zero attached hydrogens (tertiary/aromatic N) is 1. The molecule has 2 aromatic rings. The molecular formula is C23H25N3O3. The Hall–Kier alpha value is -3.15. The highest BCUT2D eigenvalue weighted by Gasteiger charge is 2.34. The molecule has 0 spiro atoms. The average Bonchev–Trinajstić information content (AvgIpc) is 3.48. The Morgan fingerprint density at radius 2 is 1.59 bits per heavy atom. The fourth-order valence-corrected chi connectivity index (χ4v) is 3.52. The second-order valence-electron chi connectivity index (χ2n) is 7.99. The molecule has 2 N–H and O–H groups in total. The van der Waals surface area contributed by atoms with E-state index < -0.39 is 0 Å². The van der Waals surface area contributed by atoms with Crippen molar-refractivity contribution >= 4 is 29.1 Å². The molecule has 1 saturated heterocycles. The van der Waals surface area contributed by atoms with Crippen LogP contribution in [0, 0.1) is 18.8 Å². The van der Waals surface area contributed by atoms with Crippen LogP contribution in [0.1, 0.15) is 30.4 Å². The number of carbonyl (C=O) groups is 3. The van der Waals surface area contributed by atoms with Crippen molar-refractivity contribution in [3.05, 3.63) is 59.7 Å². The number of carbonyl (C=O) groups excluding carboxylic acids is 3. The fourth-order valence-electron chi connectivity index (χ4n) is 3.52. The summed E-state index contributed by atoms with van der Waals surface area (Å²) in [6.45, 7) is 2.96. The van der Waals surface area contributed by atoms with Crippen LogP contribution < -0.4 is 10.6 Å². The minimum Gasteiger partial charge on any atom is -0.338 e. The zero-order valence-electron chi connectivity index (χ0n) is 16.5. The van der Waals surface area contributed by atoms with E-state index in [1.165, 1.54) is 5.56 Å². The minimum atomic E-state index is -0.377. The third-order valence-corrected chi connectivity index (χ3v) is 5.43. The van der Waals surface area contributed by atoms with Crippen LogP contribution in [0.25, 0.3) is 0 Å². The van der Waals surface area contributed by atoms with Crippen LogP contribution in [0.15, 0.2) is 48.5 Å². The molecular weight excluding hydrogens is 366 g/mol. The molecule has 0 aromatic heterocycles. The van der Waals surface area contributed by atoms with Gasteiger partial charge in [-0.15, -0.1) is 0 Å². The van der Waals surface area contributed by atoms with Crippen LogP contribution in [-0.4, -0.2) is 29.2 Å². The third-order valence-electron chi connectivity index (χ3n) is 5.43. The molecule has 6 nitrogen and oxygen atoms in total. The molecule has 1 heterocycles. The summed E-state index contributed by atoms with van der Waals surface area (Å²) in [5.74, 6) is -0.400. The van der Waals surface area contributed by atoms with E-state index in [0.29, 0.717) is 24.5 Å². The lowest BCUT2D eigenvalue weighted by Crippen LogP contribution is -2.28. The maximum absolute atomic E-state index is 12.7. The normalized spacial score (nSPS) is 18.6. The van der Waals surface area contributed by atoms with Crippen molar-refractivity contribution in [1.82, 2.24) is 4.90 Å². The molecule has 2 aliphatic rings. The van der Waals surface area contributed by atoms with Gasteiger partial charge in [-0.05, 0) is 43.5 Å². The Balaban J connectivity index is 1.34. The van der Waals surface area contributed by atoms with Gasteiger partial charge in [0.2, 0.25) is 17.7 Å². The molecule has 1 unspecified atom stereocenters. The Labute approximate surface area is 170 Å². The van der Waals surface area contributed by atoms with Gasteiger partial charge in [0.15, 0.2) is 0 Å². The molecule has 3 amide bonds. The van der Waals surface area contributed by atoms with Crippen molar-refractivity contribution in [2.24, 2.45) is 11.8 Å². The summed E-state index contributed by atoms with van der Waals surface area (Å²) < 4.78 is 0. The second-order valence-corrected chi connectivity index (χ2v) is 7.99. The van der Waals surface area contributed by atoms with Crippen molar-refractivity contribution in [2.75, 3.05) is 17.2 Å². The maximum atomic E-state index is 12.7. The van der Waals surface area contributed by atoms with Gasteiger partial charge in [0, 0.05) is 36.8 Å². The number of rotatable bonds is 6. The lowest BCUT2D eigenvalue weighted by Gasteiger charge is -2.17. The van der Waals surface area contributed by atoms with E-state index >= 15 is 0 Å². The highest BCUT2D eigenvalue weighted by atomic mass is 16.2. The van der Waals surface area contributed by atoms with E-state index in [-0.39, 0.29) is 36.0 Å². The van der Waals surface area contributed by atoms with E-state index in [0.717, 1.165) is 18.4 Å². The van der Waals surface area contributed by atoms with Gasteiger partial charge in [-0.25, -0.2) is 0 Å². The second kappa shape index (κ2) is 8.07. The van der Waals surface area contributed by atoms with Crippen molar-refractivity contribution in [3.63, 3.8) is 0 Å². The lowest BCUT2D eigenvalue weighted by atomic mass is 10.1. The lowest BCUT2D eigenvalue weighted by molar-refractivity contribution is -0.128. The van der Waals surface area contributed by atoms with Gasteiger partial charge >= 0.3 is 0 Å². The monoisotopic (exact) mass is 391 g/mol. The molecule has 1 saturated carbocycles. The van der Waals surface area contributed by atoms with Gasteiger partial charge in [0.05, 0.1) is 5.92 Å². The van der Waals surface area contributed by atoms with Crippen LogP contribution in [0.3, 0.4) is 0 Å². The summed E-state index contributed by atoms with van der Waals surface area (Å²) >= 11 is 0. The van der Waals surface area contributed by atoms with Crippen LogP contribution in [0.5, 0.6) is 0 Å². The summed E-state index contributed by atoms with van der Waals surface area (Å²) in [7, 11) is 0. The summed E-state index contributed by atoms with van der Waals surface area (Å²) in [6.07, 6.45) is 2.10. The highest BCUT2D eigenvalue weighted by Crippen LogP contribution is 2.30. The van der Waals surface area contributed by atoms with Crippen LogP contribution in [0.2, 0.25) is 0 Å². The predicted octanol–water partition coefficient (Wildman–Crippen LogP) is 3.33. The number of hydrogen-bond acceptors (Lipinski definition) is 3. The number of anilines is 2. The SMILES string of the molecule is Cc1ccc(CN2CC(C(=O)Nc3cccc(NC(=O)C4CC4)c3)CC2=O)cc1. The first kappa shape index (κ1) is 19.2. The molecule has 1 aliphatic heterocycles. The minimum absolute atomic E-state index is 0.00354. The van der Waals surface area contributed by atoms with E-state index in [1.807, 2.05) is 31.2 Å². The van der Waals surface area contributed by atoms with E-state index in [9.17, 15) is 14.4 Å². The summed E-state index contributed by atoms with van der Waals surface area (Å²) in [4.78, 5) is 38.7. The Kier molecular flexibility index (Phi) is 5.34. The number of hydrogen-bond donors (Lipinski definition) is 2. The van der Waals surface area contributed by atoms with E-state index in [2.05, 4.69) is 10.6 Å². The van der Waals surface area contributed by atoms with Gasteiger partial charge in [-0.1, -0.05) is 35.9 Å². The zero-order chi connectivity index (χ0) is 20.4. The largest absolute Gasteiger partial charge is 0.338 e. The Morgan fingerprint density at radius 1 is 0.966 bits per heavy atom. The number of nitrogens with one attached hydrogen (secondary N) is 2. The van der Waals surface area contributed by atoms with Gasteiger partial charge in [0.1, 0.15) is 0 Å². The zero-order valence-corrected chi connectivity index (χ0v) is 16.5. The third kappa shape index (κ3) is 4.83. The molecule has 29 heavy (non-hydrogen) atoms. The average molecular weight is 391 g/mol. The summed E-state index contributed by atoms with van der Waals surface area (Å²) in [5, 5.41) is 5.77. The first-order valence-corrected chi connectivity index (χ1v) is 10.0.